The molecule has 0 aromatic heterocycles. The lowest BCUT2D eigenvalue weighted by atomic mass is 9.80. The van der Waals surface area contributed by atoms with Crippen molar-refractivity contribution in [1.82, 2.24) is 10.2 Å². The Hall–Kier alpha value is -0.120. The number of hydrogen-bond donors (Lipinski definition) is 1. The predicted octanol–water partition coefficient (Wildman–Crippen LogP) is 2.12. The van der Waals surface area contributed by atoms with Gasteiger partial charge in [0.25, 0.3) is 0 Å². The third-order valence-electron chi connectivity index (χ3n) is 3.82. The summed E-state index contributed by atoms with van der Waals surface area (Å²) in [4.78, 5) is 2.46. The Balaban J connectivity index is 1.85. The van der Waals surface area contributed by atoms with Gasteiger partial charge in [0.15, 0.2) is 0 Å². The molecular weight excluding hydrogens is 212 g/mol. The van der Waals surface area contributed by atoms with E-state index in [1.807, 2.05) is 0 Å². The monoisotopic (exact) mass is 242 g/mol. The number of nitrogens with zero attached hydrogens (tertiary/aromatic N) is 1. The third-order valence-corrected chi connectivity index (χ3v) is 3.82. The van der Waals surface area contributed by atoms with E-state index in [-0.39, 0.29) is 0 Å². The van der Waals surface area contributed by atoms with E-state index in [1.165, 1.54) is 32.4 Å². The fraction of sp³-hybridized carbons (Fsp3) is 1.00. The number of rotatable bonds is 10. The molecule has 0 aromatic carbocycles. The van der Waals surface area contributed by atoms with Crippen molar-refractivity contribution in [2.45, 2.75) is 46.1 Å². The molecule has 1 N–H and O–H groups in total. The van der Waals surface area contributed by atoms with Crippen molar-refractivity contribution in [3.63, 3.8) is 0 Å². The molecule has 1 rings (SSSR count). The van der Waals surface area contributed by atoms with Crippen molar-refractivity contribution in [3.05, 3.63) is 0 Å². The maximum Gasteiger partial charge on any atom is 0.0580 e. The Kier molecular flexibility index (Phi) is 7.82. The van der Waals surface area contributed by atoms with Crippen LogP contribution < -0.4 is 5.32 Å². The fourth-order valence-corrected chi connectivity index (χ4v) is 2.49. The molecule has 3 heteroatoms. The molecule has 102 valence electrons. The Labute approximate surface area is 107 Å². The van der Waals surface area contributed by atoms with E-state index in [2.05, 4.69) is 31.0 Å². The smallest absolute Gasteiger partial charge is 0.0580 e. The highest BCUT2D eigenvalue weighted by Gasteiger charge is 2.28. The van der Waals surface area contributed by atoms with E-state index >= 15 is 0 Å². The van der Waals surface area contributed by atoms with E-state index in [0.29, 0.717) is 6.10 Å². The molecular formula is C14H30N2O. The molecule has 3 nitrogen and oxygen atoms in total. The molecule has 0 radical (unpaired) electrons. The van der Waals surface area contributed by atoms with E-state index in [1.54, 1.807) is 0 Å². The molecule has 1 aliphatic rings. The summed E-state index contributed by atoms with van der Waals surface area (Å²) in [7, 11) is 0. The first-order valence-corrected chi connectivity index (χ1v) is 7.34. The Morgan fingerprint density at radius 2 is 1.82 bits per heavy atom. The largest absolute Gasteiger partial charge is 0.378 e. The Morgan fingerprint density at radius 3 is 2.41 bits per heavy atom. The molecule has 0 amide bonds. The first-order valence-electron chi connectivity index (χ1n) is 7.34. The molecule has 0 aliphatic heterocycles. The van der Waals surface area contributed by atoms with Crippen molar-refractivity contribution < 1.29 is 4.74 Å². The van der Waals surface area contributed by atoms with E-state index in [9.17, 15) is 0 Å². The summed E-state index contributed by atoms with van der Waals surface area (Å²) in [5.41, 5.74) is 0. The van der Waals surface area contributed by atoms with Crippen molar-refractivity contribution in [1.29, 1.82) is 0 Å². The van der Waals surface area contributed by atoms with E-state index in [0.717, 1.165) is 32.2 Å². The second-order valence-electron chi connectivity index (χ2n) is 4.98. The number of likely N-dealkylation sites (N-methyl/N-ethyl adjacent to an activating group) is 1. The highest BCUT2D eigenvalue weighted by Crippen LogP contribution is 2.32. The summed E-state index contributed by atoms with van der Waals surface area (Å²) >= 11 is 0. The van der Waals surface area contributed by atoms with Crippen LogP contribution in [0, 0.1) is 5.92 Å². The van der Waals surface area contributed by atoms with E-state index < -0.39 is 0 Å². The molecule has 0 heterocycles. The van der Waals surface area contributed by atoms with Crippen molar-refractivity contribution in [3.8, 4) is 0 Å². The molecule has 0 unspecified atom stereocenters. The SMILES string of the molecule is CCOC1CC(CCNCCN(CC)CC)C1. The molecule has 1 aliphatic carbocycles. The van der Waals surface area contributed by atoms with Crippen LogP contribution >= 0.6 is 0 Å². The fourth-order valence-electron chi connectivity index (χ4n) is 2.49. The van der Waals surface area contributed by atoms with Gasteiger partial charge < -0.3 is 15.0 Å². The summed E-state index contributed by atoms with van der Waals surface area (Å²) in [6.07, 6.45) is 4.46. The predicted molar refractivity (Wildman–Crippen MR) is 73.4 cm³/mol. The van der Waals surface area contributed by atoms with Crippen LogP contribution in [0.4, 0.5) is 0 Å². The minimum Gasteiger partial charge on any atom is -0.378 e. The van der Waals surface area contributed by atoms with Crippen LogP contribution in [-0.2, 0) is 4.74 Å². The van der Waals surface area contributed by atoms with Gasteiger partial charge in [0.05, 0.1) is 6.10 Å². The lowest BCUT2D eigenvalue weighted by Crippen LogP contribution is -2.35. The topological polar surface area (TPSA) is 24.5 Å². The zero-order valence-electron chi connectivity index (χ0n) is 11.9. The van der Waals surface area contributed by atoms with Crippen LogP contribution in [0.5, 0.6) is 0 Å². The van der Waals surface area contributed by atoms with Gasteiger partial charge in [-0.25, -0.2) is 0 Å². The molecule has 0 atom stereocenters. The maximum atomic E-state index is 5.57. The highest BCUT2D eigenvalue weighted by atomic mass is 16.5. The summed E-state index contributed by atoms with van der Waals surface area (Å²) in [5.74, 6) is 0.910. The van der Waals surface area contributed by atoms with Crippen LogP contribution in [-0.4, -0.2) is 50.3 Å². The minimum atomic E-state index is 0.570. The van der Waals surface area contributed by atoms with Gasteiger partial charge in [0.1, 0.15) is 0 Å². The first kappa shape index (κ1) is 14.9. The van der Waals surface area contributed by atoms with Gasteiger partial charge in [-0.3, -0.25) is 0 Å². The summed E-state index contributed by atoms with van der Waals surface area (Å²) < 4.78 is 5.57. The average Bonchev–Trinajstić information content (AvgIpc) is 2.30. The minimum absolute atomic E-state index is 0.570. The van der Waals surface area contributed by atoms with Gasteiger partial charge in [-0.15, -0.1) is 0 Å². The molecule has 17 heavy (non-hydrogen) atoms. The van der Waals surface area contributed by atoms with Crippen LogP contribution in [0.1, 0.15) is 40.0 Å². The summed E-state index contributed by atoms with van der Waals surface area (Å²) in [5, 5.41) is 3.55. The quantitative estimate of drug-likeness (QED) is 0.594. The normalized spacial score (nSPS) is 24.0. The lowest BCUT2D eigenvalue weighted by Gasteiger charge is -2.35. The number of nitrogens with one attached hydrogen (secondary N) is 1. The summed E-state index contributed by atoms with van der Waals surface area (Å²) in [6, 6.07) is 0. The standard InChI is InChI=1S/C14H30N2O/c1-4-16(5-2)10-9-15-8-7-13-11-14(12-13)17-6-3/h13-15H,4-12H2,1-3H3. The molecule has 0 aromatic rings. The molecule has 1 fully saturated rings. The van der Waals surface area contributed by atoms with Crippen LogP contribution in [0.15, 0.2) is 0 Å². The number of hydrogen-bond acceptors (Lipinski definition) is 3. The van der Waals surface area contributed by atoms with Gasteiger partial charge in [-0.05, 0) is 51.7 Å². The highest BCUT2D eigenvalue weighted by molar-refractivity contribution is 4.80. The van der Waals surface area contributed by atoms with Crippen LogP contribution in [0.2, 0.25) is 0 Å². The van der Waals surface area contributed by atoms with Crippen LogP contribution in [0.25, 0.3) is 0 Å². The molecule has 0 saturated heterocycles. The Morgan fingerprint density at radius 1 is 1.12 bits per heavy atom. The van der Waals surface area contributed by atoms with E-state index in [4.69, 9.17) is 4.74 Å². The lowest BCUT2D eigenvalue weighted by molar-refractivity contribution is -0.0263. The second-order valence-corrected chi connectivity index (χ2v) is 4.98. The second kappa shape index (κ2) is 8.90. The van der Waals surface area contributed by atoms with Crippen molar-refractivity contribution in [2.75, 3.05) is 39.3 Å². The molecule has 1 saturated carbocycles. The van der Waals surface area contributed by atoms with Gasteiger partial charge in [-0.2, -0.15) is 0 Å². The van der Waals surface area contributed by atoms with Crippen molar-refractivity contribution >= 4 is 0 Å². The van der Waals surface area contributed by atoms with Gasteiger partial charge in [-0.1, -0.05) is 13.8 Å². The van der Waals surface area contributed by atoms with Crippen LogP contribution in [0.3, 0.4) is 0 Å². The zero-order valence-corrected chi connectivity index (χ0v) is 11.9. The average molecular weight is 242 g/mol. The van der Waals surface area contributed by atoms with Gasteiger partial charge >= 0.3 is 0 Å². The third kappa shape index (κ3) is 5.84. The van der Waals surface area contributed by atoms with Crippen molar-refractivity contribution in [2.24, 2.45) is 5.92 Å². The maximum absolute atomic E-state index is 5.57. The number of ether oxygens (including phenoxy) is 1. The van der Waals surface area contributed by atoms with Gasteiger partial charge in [0, 0.05) is 19.7 Å². The van der Waals surface area contributed by atoms with Gasteiger partial charge in [0.2, 0.25) is 0 Å². The first-order chi connectivity index (χ1) is 8.30. The Bertz CT molecular complexity index is 177. The molecule has 0 spiro atoms. The zero-order chi connectivity index (χ0) is 12.5. The summed E-state index contributed by atoms with van der Waals surface area (Å²) in [6.45, 7) is 13.2. The molecule has 0 bridgehead atoms.